The van der Waals surface area contributed by atoms with Crippen LogP contribution in [0.5, 0.6) is 11.5 Å². The second-order valence-corrected chi connectivity index (χ2v) is 8.76. The normalized spacial score (nSPS) is 13.3. The van der Waals surface area contributed by atoms with Crippen molar-refractivity contribution in [3.8, 4) is 11.5 Å². The highest BCUT2D eigenvalue weighted by Gasteiger charge is 2.18. The molecule has 0 radical (unpaired) electrons. The van der Waals surface area contributed by atoms with Gasteiger partial charge in [-0.25, -0.2) is 0 Å². The number of hydrogen-bond acceptors (Lipinski definition) is 6. The number of benzene rings is 2. The van der Waals surface area contributed by atoms with E-state index in [-0.39, 0.29) is 5.56 Å². The van der Waals surface area contributed by atoms with Crippen LogP contribution in [0, 0.1) is 0 Å². The van der Waals surface area contributed by atoms with Crippen LogP contribution in [-0.4, -0.2) is 32.4 Å². The first-order valence-corrected chi connectivity index (χ1v) is 11.5. The number of aryl methyl sites for hydroxylation is 1. The highest BCUT2D eigenvalue weighted by atomic mass is 79.9. The first-order chi connectivity index (χ1) is 14.7. The van der Waals surface area contributed by atoms with Gasteiger partial charge >= 0.3 is 0 Å². The molecule has 0 spiro atoms. The molecule has 0 amide bonds. The quantitative estimate of drug-likeness (QED) is 0.392. The van der Waals surface area contributed by atoms with Crippen LogP contribution in [0.2, 0.25) is 0 Å². The van der Waals surface area contributed by atoms with Gasteiger partial charge in [0.25, 0.3) is 5.56 Å². The lowest BCUT2D eigenvalue weighted by Gasteiger charge is -2.19. The molecule has 0 saturated heterocycles. The standard InChI is InChI=1S/C21H19BrN4O3S/c1-2-7-25-19(27)14-5-3-4-6-16(14)26-20(25)23-24-21(26)30-12-13-10-17-18(11-15(13)22)29-9-8-28-17/h3-6,10-11H,2,7-9,12H2,1H3. The molecule has 2 aromatic heterocycles. The fraction of sp³-hybridized carbons (Fsp3) is 0.286. The highest BCUT2D eigenvalue weighted by molar-refractivity contribution is 9.10. The van der Waals surface area contributed by atoms with Crippen LogP contribution in [0.25, 0.3) is 16.7 Å². The van der Waals surface area contributed by atoms with Gasteiger partial charge in [-0.3, -0.25) is 13.8 Å². The molecule has 7 nitrogen and oxygen atoms in total. The zero-order valence-corrected chi connectivity index (χ0v) is 18.7. The molecule has 1 aliphatic heterocycles. The molecule has 4 aromatic rings. The Morgan fingerprint density at radius 2 is 1.90 bits per heavy atom. The third-order valence-electron chi connectivity index (χ3n) is 4.99. The number of para-hydroxylation sites is 1. The van der Waals surface area contributed by atoms with Crippen molar-refractivity contribution in [1.82, 2.24) is 19.2 Å². The minimum absolute atomic E-state index is 0.0292. The number of ether oxygens (including phenoxy) is 2. The number of halogens is 1. The van der Waals surface area contributed by atoms with Crippen molar-refractivity contribution in [3.63, 3.8) is 0 Å². The maximum atomic E-state index is 12.9. The summed E-state index contributed by atoms with van der Waals surface area (Å²) < 4.78 is 16.0. The number of fused-ring (bicyclic) bond motifs is 4. The molecule has 0 saturated carbocycles. The molecule has 3 heterocycles. The summed E-state index contributed by atoms with van der Waals surface area (Å²) in [4.78, 5) is 12.9. The van der Waals surface area contributed by atoms with Gasteiger partial charge in [0.2, 0.25) is 5.78 Å². The van der Waals surface area contributed by atoms with Crippen LogP contribution >= 0.6 is 27.7 Å². The lowest BCUT2D eigenvalue weighted by molar-refractivity contribution is 0.171. The average Bonchev–Trinajstić information content (AvgIpc) is 3.19. The van der Waals surface area contributed by atoms with E-state index in [1.807, 2.05) is 47.7 Å². The van der Waals surface area contributed by atoms with Gasteiger partial charge in [-0.1, -0.05) is 46.7 Å². The monoisotopic (exact) mass is 486 g/mol. The molecule has 2 aromatic carbocycles. The molecule has 0 atom stereocenters. The SMILES string of the molecule is CCCn1c(=O)c2ccccc2n2c(SCc3cc4c(cc3Br)OCCO4)nnc12. The van der Waals surface area contributed by atoms with Gasteiger partial charge in [0.05, 0.1) is 10.9 Å². The Morgan fingerprint density at radius 3 is 2.70 bits per heavy atom. The van der Waals surface area contributed by atoms with E-state index in [4.69, 9.17) is 9.47 Å². The van der Waals surface area contributed by atoms with Gasteiger partial charge in [-0.2, -0.15) is 0 Å². The van der Waals surface area contributed by atoms with E-state index in [1.165, 1.54) is 0 Å². The summed E-state index contributed by atoms with van der Waals surface area (Å²) in [6, 6.07) is 11.6. The number of nitrogens with zero attached hydrogens (tertiary/aromatic N) is 4. The fourth-order valence-corrected chi connectivity index (χ4v) is 5.19. The topological polar surface area (TPSA) is 70.7 Å². The summed E-state index contributed by atoms with van der Waals surface area (Å²) in [6.07, 6.45) is 0.841. The Kier molecular flexibility index (Phi) is 5.16. The predicted octanol–water partition coefficient (Wildman–Crippen LogP) is 4.28. The van der Waals surface area contributed by atoms with Crippen molar-refractivity contribution < 1.29 is 9.47 Å². The van der Waals surface area contributed by atoms with E-state index in [0.717, 1.165) is 38.6 Å². The van der Waals surface area contributed by atoms with Crippen LogP contribution < -0.4 is 15.0 Å². The van der Waals surface area contributed by atoms with Gasteiger partial charge in [0.15, 0.2) is 16.7 Å². The summed E-state index contributed by atoms with van der Waals surface area (Å²) >= 11 is 5.20. The molecule has 0 unspecified atom stereocenters. The maximum absolute atomic E-state index is 12.9. The molecule has 5 rings (SSSR count). The van der Waals surface area contributed by atoms with E-state index in [9.17, 15) is 4.79 Å². The number of hydrogen-bond donors (Lipinski definition) is 0. The molecule has 0 N–H and O–H groups in total. The van der Waals surface area contributed by atoms with Crippen molar-refractivity contribution >= 4 is 44.4 Å². The Morgan fingerprint density at radius 1 is 1.13 bits per heavy atom. The van der Waals surface area contributed by atoms with E-state index in [2.05, 4.69) is 26.1 Å². The molecule has 9 heteroatoms. The lowest BCUT2D eigenvalue weighted by Crippen LogP contribution is -2.23. The molecule has 0 bridgehead atoms. The van der Waals surface area contributed by atoms with Crippen LogP contribution in [0.15, 0.2) is 50.8 Å². The Labute approximate surface area is 185 Å². The fourth-order valence-electron chi connectivity index (χ4n) is 3.61. The lowest BCUT2D eigenvalue weighted by atomic mass is 10.2. The minimum atomic E-state index is -0.0292. The molecule has 0 fully saturated rings. The summed E-state index contributed by atoms with van der Waals surface area (Å²) in [5.74, 6) is 2.75. The van der Waals surface area contributed by atoms with Crippen LogP contribution in [0.4, 0.5) is 0 Å². The van der Waals surface area contributed by atoms with Gasteiger partial charge in [0, 0.05) is 16.8 Å². The van der Waals surface area contributed by atoms with Crippen LogP contribution in [0.1, 0.15) is 18.9 Å². The largest absolute Gasteiger partial charge is 0.486 e. The average molecular weight is 487 g/mol. The smallest absolute Gasteiger partial charge is 0.262 e. The Bertz CT molecular complexity index is 1320. The third kappa shape index (κ3) is 3.26. The van der Waals surface area contributed by atoms with Gasteiger partial charge in [-0.05, 0) is 36.2 Å². The third-order valence-corrected chi connectivity index (χ3v) is 6.71. The van der Waals surface area contributed by atoms with Gasteiger partial charge < -0.3 is 9.47 Å². The first-order valence-electron chi connectivity index (χ1n) is 9.75. The van der Waals surface area contributed by atoms with E-state index < -0.39 is 0 Å². The summed E-state index contributed by atoms with van der Waals surface area (Å²) in [5.41, 5.74) is 1.87. The Balaban J connectivity index is 1.57. The molecular weight excluding hydrogens is 468 g/mol. The summed E-state index contributed by atoms with van der Waals surface area (Å²) in [6.45, 7) is 3.76. The zero-order valence-electron chi connectivity index (χ0n) is 16.3. The van der Waals surface area contributed by atoms with Crippen LogP contribution in [0.3, 0.4) is 0 Å². The van der Waals surface area contributed by atoms with Gasteiger partial charge in [0.1, 0.15) is 13.2 Å². The molecule has 0 aliphatic carbocycles. The van der Waals surface area contributed by atoms with E-state index in [0.29, 0.717) is 36.7 Å². The zero-order chi connectivity index (χ0) is 20.7. The van der Waals surface area contributed by atoms with Crippen molar-refractivity contribution in [1.29, 1.82) is 0 Å². The number of rotatable bonds is 5. The van der Waals surface area contributed by atoms with Crippen molar-refractivity contribution in [3.05, 3.63) is 56.8 Å². The second-order valence-electron chi connectivity index (χ2n) is 6.97. The maximum Gasteiger partial charge on any atom is 0.262 e. The minimum Gasteiger partial charge on any atom is -0.486 e. The first kappa shape index (κ1) is 19.4. The number of thioether (sulfide) groups is 1. The summed E-state index contributed by atoms with van der Waals surface area (Å²) in [5, 5.41) is 10.2. The Hall–Kier alpha value is -2.52. The molecule has 154 valence electrons. The molecule has 30 heavy (non-hydrogen) atoms. The van der Waals surface area contributed by atoms with Crippen LogP contribution in [-0.2, 0) is 12.3 Å². The highest BCUT2D eigenvalue weighted by Crippen LogP contribution is 2.37. The van der Waals surface area contributed by atoms with Gasteiger partial charge in [-0.15, -0.1) is 10.2 Å². The van der Waals surface area contributed by atoms with Crippen molar-refractivity contribution in [2.75, 3.05) is 13.2 Å². The predicted molar refractivity (Wildman–Crippen MR) is 120 cm³/mol. The van der Waals surface area contributed by atoms with Crippen molar-refractivity contribution in [2.45, 2.75) is 30.8 Å². The van der Waals surface area contributed by atoms with Crippen molar-refractivity contribution in [2.24, 2.45) is 0 Å². The van der Waals surface area contributed by atoms with E-state index >= 15 is 0 Å². The second kappa shape index (κ2) is 7.96. The molecule has 1 aliphatic rings. The van der Waals surface area contributed by atoms with E-state index in [1.54, 1.807) is 16.3 Å². The number of aromatic nitrogens is 4. The summed E-state index contributed by atoms with van der Waals surface area (Å²) in [7, 11) is 0. The molecular formula is C21H19BrN4O3S.